The van der Waals surface area contributed by atoms with Crippen LogP contribution in [0.5, 0.6) is 0 Å². The number of nitrogens with two attached hydrogens (primary N) is 1. The minimum absolute atomic E-state index is 0.0152. The lowest BCUT2D eigenvalue weighted by molar-refractivity contribution is -0.0326. The molecule has 3 nitrogen and oxygen atoms in total. The van der Waals surface area contributed by atoms with Crippen molar-refractivity contribution in [3.63, 3.8) is 0 Å². The zero-order valence-electron chi connectivity index (χ0n) is 10.3. The molecule has 2 rings (SSSR count). The topological polar surface area (TPSA) is 38.5 Å². The molecule has 1 fully saturated rings. The highest BCUT2D eigenvalue weighted by Crippen LogP contribution is 2.21. The molecule has 1 aromatic rings. The lowest BCUT2D eigenvalue weighted by Gasteiger charge is -2.33. The number of morpholine rings is 1. The van der Waals surface area contributed by atoms with Crippen LogP contribution in [0, 0.1) is 12.7 Å². The van der Waals surface area contributed by atoms with Crippen LogP contribution in [0.1, 0.15) is 17.2 Å². The van der Waals surface area contributed by atoms with Crippen LogP contribution in [-0.4, -0.2) is 37.7 Å². The van der Waals surface area contributed by atoms with Crippen LogP contribution in [0.4, 0.5) is 4.39 Å². The molecule has 1 aromatic carbocycles. The molecular weight excluding hydrogens is 219 g/mol. The van der Waals surface area contributed by atoms with Crippen LogP contribution < -0.4 is 5.73 Å². The SMILES string of the molecule is Cc1cc(C(N)C2CN(C)CCO2)ccc1F. The molecule has 0 aromatic heterocycles. The van der Waals surface area contributed by atoms with Gasteiger partial charge in [-0.05, 0) is 31.2 Å². The molecule has 0 spiro atoms. The fourth-order valence-corrected chi connectivity index (χ4v) is 2.12. The van der Waals surface area contributed by atoms with Crippen molar-refractivity contribution in [2.24, 2.45) is 5.73 Å². The number of hydrogen-bond acceptors (Lipinski definition) is 3. The molecule has 0 amide bonds. The van der Waals surface area contributed by atoms with Gasteiger partial charge in [-0.25, -0.2) is 4.39 Å². The molecule has 94 valence electrons. The first-order valence-electron chi connectivity index (χ1n) is 5.89. The van der Waals surface area contributed by atoms with Crippen molar-refractivity contribution in [2.45, 2.75) is 19.1 Å². The summed E-state index contributed by atoms with van der Waals surface area (Å²) in [5.41, 5.74) is 7.74. The van der Waals surface area contributed by atoms with Crippen molar-refractivity contribution in [2.75, 3.05) is 26.7 Å². The highest BCUT2D eigenvalue weighted by Gasteiger charge is 2.25. The van der Waals surface area contributed by atoms with E-state index in [9.17, 15) is 4.39 Å². The number of hydrogen-bond donors (Lipinski definition) is 1. The van der Waals surface area contributed by atoms with Gasteiger partial charge in [0.05, 0.1) is 18.8 Å². The average Bonchev–Trinajstić information content (AvgIpc) is 2.32. The maximum absolute atomic E-state index is 13.2. The Morgan fingerprint density at radius 3 is 2.94 bits per heavy atom. The van der Waals surface area contributed by atoms with Gasteiger partial charge in [-0.3, -0.25) is 0 Å². The van der Waals surface area contributed by atoms with Crippen LogP contribution in [0.2, 0.25) is 0 Å². The van der Waals surface area contributed by atoms with Crippen LogP contribution in [0.15, 0.2) is 18.2 Å². The second-order valence-electron chi connectivity index (χ2n) is 4.71. The van der Waals surface area contributed by atoms with Crippen molar-refractivity contribution in [3.05, 3.63) is 35.1 Å². The van der Waals surface area contributed by atoms with Crippen LogP contribution in [-0.2, 0) is 4.74 Å². The predicted octanol–water partition coefficient (Wildman–Crippen LogP) is 1.46. The molecule has 17 heavy (non-hydrogen) atoms. The summed E-state index contributed by atoms with van der Waals surface area (Å²) in [6, 6.07) is 4.82. The number of aryl methyl sites for hydroxylation is 1. The first-order valence-corrected chi connectivity index (χ1v) is 5.89. The average molecular weight is 238 g/mol. The Balaban J connectivity index is 2.12. The van der Waals surface area contributed by atoms with Gasteiger partial charge in [-0.15, -0.1) is 0 Å². The number of benzene rings is 1. The van der Waals surface area contributed by atoms with Gasteiger partial charge in [-0.2, -0.15) is 0 Å². The van der Waals surface area contributed by atoms with Crippen molar-refractivity contribution >= 4 is 0 Å². The van der Waals surface area contributed by atoms with E-state index in [1.165, 1.54) is 6.07 Å². The fraction of sp³-hybridized carbons (Fsp3) is 0.538. The summed E-state index contributed by atoms with van der Waals surface area (Å²) >= 11 is 0. The molecule has 2 N–H and O–H groups in total. The minimum atomic E-state index is -0.197. The third-order valence-electron chi connectivity index (χ3n) is 3.26. The van der Waals surface area contributed by atoms with Gasteiger partial charge in [0.25, 0.3) is 0 Å². The molecule has 0 aliphatic carbocycles. The van der Waals surface area contributed by atoms with E-state index < -0.39 is 0 Å². The summed E-state index contributed by atoms with van der Waals surface area (Å²) < 4.78 is 18.9. The lowest BCUT2D eigenvalue weighted by Crippen LogP contribution is -2.45. The Kier molecular flexibility index (Phi) is 3.76. The first kappa shape index (κ1) is 12.5. The van der Waals surface area contributed by atoms with E-state index >= 15 is 0 Å². The molecule has 0 radical (unpaired) electrons. The summed E-state index contributed by atoms with van der Waals surface area (Å²) in [7, 11) is 2.05. The smallest absolute Gasteiger partial charge is 0.126 e. The summed E-state index contributed by atoms with van der Waals surface area (Å²) in [6.45, 7) is 4.21. The van der Waals surface area contributed by atoms with Gasteiger partial charge < -0.3 is 15.4 Å². The van der Waals surface area contributed by atoms with Crippen molar-refractivity contribution in [1.29, 1.82) is 0 Å². The largest absolute Gasteiger partial charge is 0.374 e. The zero-order chi connectivity index (χ0) is 12.4. The second-order valence-corrected chi connectivity index (χ2v) is 4.71. The number of likely N-dealkylation sites (N-methyl/N-ethyl adjacent to an activating group) is 1. The minimum Gasteiger partial charge on any atom is -0.374 e. The maximum Gasteiger partial charge on any atom is 0.126 e. The molecule has 0 bridgehead atoms. The van der Waals surface area contributed by atoms with E-state index in [-0.39, 0.29) is 18.0 Å². The van der Waals surface area contributed by atoms with E-state index in [1.54, 1.807) is 19.1 Å². The first-order chi connectivity index (χ1) is 8.08. The fourth-order valence-electron chi connectivity index (χ4n) is 2.12. The van der Waals surface area contributed by atoms with Gasteiger partial charge in [0.1, 0.15) is 5.82 Å². The number of nitrogens with zero attached hydrogens (tertiary/aromatic N) is 1. The molecule has 2 unspecified atom stereocenters. The van der Waals surface area contributed by atoms with Crippen molar-refractivity contribution in [1.82, 2.24) is 4.90 Å². The Morgan fingerprint density at radius 1 is 1.53 bits per heavy atom. The standard InChI is InChI=1S/C13H19FN2O/c1-9-7-10(3-4-11(9)14)13(15)12-8-16(2)5-6-17-12/h3-4,7,12-13H,5-6,8,15H2,1-2H3. The highest BCUT2D eigenvalue weighted by molar-refractivity contribution is 5.27. The molecular formula is C13H19FN2O. The molecule has 1 aliphatic heterocycles. The van der Waals surface area contributed by atoms with Crippen LogP contribution >= 0.6 is 0 Å². The van der Waals surface area contributed by atoms with Gasteiger partial charge in [0.15, 0.2) is 0 Å². The molecule has 1 heterocycles. The third kappa shape index (κ3) is 2.83. The summed E-state index contributed by atoms with van der Waals surface area (Å²) in [6.07, 6.45) is -0.0152. The van der Waals surface area contributed by atoms with E-state index in [2.05, 4.69) is 11.9 Å². The van der Waals surface area contributed by atoms with Crippen LogP contribution in [0.3, 0.4) is 0 Å². The molecule has 1 aliphatic rings. The number of rotatable bonds is 2. The van der Waals surface area contributed by atoms with Gasteiger partial charge in [0.2, 0.25) is 0 Å². The zero-order valence-corrected chi connectivity index (χ0v) is 10.3. The Bertz CT molecular complexity index is 397. The number of ether oxygens (including phenoxy) is 1. The summed E-state index contributed by atoms with van der Waals surface area (Å²) in [5, 5.41) is 0. The third-order valence-corrected chi connectivity index (χ3v) is 3.26. The molecule has 0 saturated carbocycles. The van der Waals surface area contributed by atoms with Crippen molar-refractivity contribution < 1.29 is 9.13 Å². The van der Waals surface area contributed by atoms with Gasteiger partial charge in [0, 0.05) is 13.1 Å². The highest BCUT2D eigenvalue weighted by atomic mass is 19.1. The Hall–Kier alpha value is -0.970. The lowest BCUT2D eigenvalue weighted by atomic mass is 9.99. The summed E-state index contributed by atoms with van der Waals surface area (Å²) in [4.78, 5) is 2.20. The number of halogens is 1. The predicted molar refractivity (Wildman–Crippen MR) is 65.3 cm³/mol. The van der Waals surface area contributed by atoms with Crippen molar-refractivity contribution in [3.8, 4) is 0 Å². The van der Waals surface area contributed by atoms with E-state index in [0.717, 1.165) is 18.7 Å². The maximum atomic E-state index is 13.2. The molecule has 2 atom stereocenters. The van der Waals surface area contributed by atoms with E-state index in [1.807, 2.05) is 0 Å². The van der Waals surface area contributed by atoms with Gasteiger partial charge >= 0.3 is 0 Å². The monoisotopic (exact) mass is 238 g/mol. The normalized spacial score (nSPS) is 23.6. The molecule has 4 heteroatoms. The van der Waals surface area contributed by atoms with E-state index in [0.29, 0.717) is 12.2 Å². The Labute approximate surface area is 101 Å². The van der Waals surface area contributed by atoms with E-state index in [4.69, 9.17) is 10.5 Å². The molecule has 1 saturated heterocycles. The summed E-state index contributed by atoms with van der Waals surface area (Å²) in [5.74, 6) is -0.192. The quantitative estimate of drug-likeness (QED) is 0.848. The Morgan fingerprint density at radius 2 is 2.29 bits per heavy atom. The van der Waals surface area contributed by atoms with Crippen LogP contribution in [0.25, 0.3) is 0 Å². The second kappa shape index (κ2) is 5.12. The van der Waals surface area contributed by atoms with Gasteiger partial charge in [-0.1, -0.05) is 12.1 Å².